The second kappa shape index (κ2) is 5.84. The van der Waals surface area contributed by atoms with E-state index in [4.69, 9.17) is 4.74 Å². The van der Waals surface area contributed by atoms with Crippen LogP contribution in [0.5, 0.6) is 0 Å². The maximum Gasteiger partial charge on any atom is 0.311 e. The first kappa shape index (κ1) is 14.5. The van der Waals surface area contributed by atoms with E-state index >= 15 is 0 Å². The number of carbonyl (C=O) groups excluding carboxylic acids is 2. The molecule has 1 aliphatic heterocycles. The van der Waals surface area contributed by atoms with E-state index in [0.717, 1.165) is 0 Å². The lowest BCUT2D eigenvalue weighted by Gasteiger charge is -2.32. The van der Waals surface area contributed by atoms with E-state index in [1.807, 2.05) is 0 Å². The Morgan fingerprint density at radius 3 is 2.61 bits per heavy atom. The first-order chi connectivity index (χ1) is 8.35. The summed E-state index contributed by atoms with van der Waals surface area (Å²) in [4.78, 5) is 33.8. The van der Waals surface area contributed by atoms with Gasteiger partial charge in [0.1, 0.15) is 0 Å². The molecule has 1 saturated heterocycles. The van der Waals surface area contributed by atoms with Gasteiger partial charge in [-0.05, 0) is 26.7 Å². The van der Waals surface area contributed by atoms with Crippen LogP contribution in [-0.2, 0) is 19.1 Å². The number of rotatable bonds is 5. The number of esters is 1. The van der Waals surface area contributed by atoms with Gasteiger partial charge in [0, 0.05) is 19.4 Å². The minimum absolute atomic E-state index is 0.0559. The molecule has 0 saturated carbocycles. The summed E-state index contributed by atoms with van der Waals surface area (Å²) in [6.45, 7) is 3.56. The summed E-state index contributed by atoms with van der Waals surface area (Å²) in [6, 6.07) is 0. The first-order valence-corrected chi connectivity index (χ1v) is 6.05. The number of hydrogen-bond acceptors (Lipinski definition) is 4. The molecule has 0 bridgehead atoms. The highest BCUT2D eigenvalue weighted by molar-refractivity contribution is 5.83. The van der Waals surface area contributed by atoms with Gasteiger partial charge in [-0.2, -0.15) is 0 Å². The Morgan fingerprint density at radius 2 is 2.17 bits per heavy atom. The topological polar surface area (TPSA) is 92.7 Å². The van der Waals surface area contributed by atoms with Crippen LogP contribution >= 0.6 is 0 Å². The summed E-state index contributed by atoms with van der Waals surface area (Å²) in [5.41, 5.74) is -1.04. The third-order valence-electron chi connectivity index (χ3n) is 3.08. The molecule has 1 amide bonds. The highest BCUT2D eigenvalue weighted by Gasteiger charge is 2.41. The number of ether oxygens (including phenoxy) is 1. The van der Waals surface area contributed by atoms with Crippen LogP contribution in [0.2, 0.25) is 0 Å². The molecule has 6 nitrogen and oxygen atoms in total. The van der Waals surface area contributed by atoms with Gasteiger partial charge >= 0.3 is 11.9 Å². The molecule has 1 aliphatic rings. The number of amides is 1. The van der Waals surface area contributed by atoms with Crippen molar-refractivity contribution in [3.63, 3.8) is 0 Å². The summed E-state index contributed by atoms with van der Waals surface area (Å²) < 4.78 is 4.97. The Hall–Kier alpha value is -1.59. The highest BCUT2D eigenvalue weighted by Crippen LogP contribution is 2.32. The molecule has 1 rings (SSSR count). The van der Waals surface area contributed by atoms with Gasteiger partial charge in [0.25, 0.3) is 0 Å². The van der Waals surface area contributed by atoms with E-state index in [-0.39, 0.29) is 44.2 Å². The first-order valence-electron chi connectivity index (χ1n) is 6.05. The molecule has 0 spiro atoms. The number of aliphatic carboxylic acids is 1. The standard InChI is InChI=1S/C12H19NO5/c1-8(2)18-10(15)4-6-12(11(16)17)5-3-9(14)13-7-12/h8H,3-7H2,1-2H3,(H,13,14)(H,16,17)/t12-/m0/s1. The molecule has 0 aromatic heterocycles. The molecule has 2 N–H and O–H groups in total. The van der Waals surface area contributed by atoms with Crippen LogP contribution in [0.1, 0.15) is 39.5 Å². The van der Waals surface area contributed by atoms with Crippen molar-refractivity contribution in [3.8, 4) is 0 Å². The second-order valence-electron chi connectivity index (χ2n) is 4.90. The molecule has 0 radical (unpaired) electrons. The SMILES string of the molecule is CC(C)OC(=O)CC[C@@]1(C(=O)O)CCC(=O)NC1. The number of piperidine rings is 1. The Labute approximate surface area is 106 Å². The van der Waals surface area contributed by atoms with E-state index < -0.39 is 17.4 Å². The minimum atomic E-state index is -1.04. The molecule has 6 heteroatoms. The van der Waals surface area contributed by atoms with Gasteiger partial charge in [0.2, 0.25) is 5.91 Å². The number of carboxylic acid groups (broad SMARTS) is 1. The molecule has 1 heterocycles. The van der Waals surface area contributed by atoms with E-state index in [1.54, 1.807) is 13.8 Å². The van der Waals surface area contributed by atoms with E-state index in [9.17, 15) is 19.5 Å². The average Bonchev–Trinajstić information content (AvgIpc) is 2.27. The molecule has 0 unspecified atom stereocenters. The molecule has 102 valence electrons. The minimum Gasteiger partial charge on any atom is -0.481 e. The Balaban J connectivity index is 2.56. The average molecular weight is 257 g/mol. The Morgan fingerprint density at radius 1 is 1.50 bits per heavy atom. The van der Waals surface area contributed by atoms with E-state index in [0.29, 0.717) is 0 Å². The van der Waals surface area contributed by atoms with E-state index in [1.165, 1.54) is 0 Å². The van der Waals surface area contributed by atoms with Gasteiger partial charge in [-0.1, -0.05) is 0 Å². The second-order valence-corrected chi connectivity index (χ2v) is 4.90. The Kier molecular flexibility index (Phi) is 4.69. The lowest BCUT2D eigenvalue weighted by atomic mass is 9.77. The third-order valence-corrected chi connectivity index (χ3v) is 3.08. The monoisotopic (exact) mass is 257 g/mol. The van der Waals surface area contributed by atoms with Crippen LogP contribution in [0.15, 0.2) is 0 Å². The maximum absolute atomic E-state index is 11.4. The molecule has 0 aliphatic carbocycles. The van der Waals surface area contributed by atoms with Crippen LogP contribution in [-0.4, -0.2) is 35.6 Å². The number of carboxylic acids is 1. The third kappa shape index (κ3) is 3.72. The predicted molar refractivity (Wildman–Crippen MR) is 62.8 cm³/mol. The van der Waals surface area contributed by atoms with Crippen molar-refractivity contribution in [2.45, 2.75) is 45.6 Å². The van der Waals surface area contributed by atoms with Gasteiger partial charge in [-0.25, -0.2) is 0 Å². The number of nitrogens with one attached hydrogen (secondary N) is 1. The van der Waals surface area contributed by atoms with Crippen molar-refractivity contribution in [3.05, 3.63) is 0 Å². The smallest absolute Gasteiger partial charge is 0.311 e. The number of hydrogen-bond donors (Lipinski definition) is 2. The van der Waals surface area contributed by atoms with Crippen molar-refractivity contribution in [2.24, 2.45) is 5.41 Å². The van der Waals surface area contributed by atoms with Crippen LogP contribution in [0.3, 0.4) is 0 Å². The van der Waals surface area contributed by atoms with Crippen LogP contribution in [0.25, 0.3) is 0 Å². The summed E-state index contributed by atoms with van der Waals surface area (Å²) in [7, 11) is 0. The zero-order chi connectivity index (χ0) is 13.8. The molecule has 1 fully saturated rings. The lowest BCUT2D eigenvalue weighted by molar-refractivity contribution is -0.154. The van der Waals surface area contributed by atoms with Crippen LogP contribution in [0.4, 0.5) is 0 Å². The fraction of sp³-hybridized carbons (Fsp3) is 0.750. The summed E-state index contributed by atoms with van der Waals surface area (Å²) in [6.07, 6.45) is 0.493. The Bertz CT molecular complexity index is 340. The molecular formula is C12H19NO5. The summed E-state index contributed by atoms with van der Waals surface area (Å²) in [5, 5.41) is 11.8. The largest absolute Gasteiger partial charge is 0.481 e. The molecule has 0 aromatic rings. The summed E-state index contributed by atoms with van der Waals surface area (Å²) >= 11 is 0. The quantitative estimate of drug-likeness (QED) is 0.707. The van der Waals surface area contributed by atoms with Gasteiger partial charge in [0.15, 0.2) is 0 Å². The highest BCUT2D eigenvalue weighted by atomic mass is 16.5. The van der Waals surface area contributed by atoms with Gasteiger partial charge in [-0.15, -0.1) is 0 Å². The van der Waals surface area contributed by atoms with E-state index in [2.05, 4.69) is 5.32 Å². The van der Waals surface area contributed by atoms with Gasteiger partial charge in [-0.3, -0.25) is 14.4 Å². The fourth-order valence-corrected chi connectivity index (χ4v) is 1.96. The lowest BCUT2D eigenvalue weighted by Crippen LogP contribution is -2.48. The zero-order valence-electron chi connectivity index (χ0n) is 10.7. The molecule has 1 atom stereocenters. The van der Waals surface area contributed by atoms with Crippen molar-refractivity contribution >= 4 is 17.8 Å². The zero-order valence-corrected chi connectivity index (χ0v) is 10.7. The molecule has 0 aromatic carbocycles. The predicted octanol–water partition coefficient (Wildman–Crippen LogP) is 0.699. The van der Waals surface area contributed by atoms with Crippen LogP contribution < -0.4 is 5.32 Å². The van der Waals surface area contributed by atoms with Gasteiger partial charge in [0.05, 0.1) is 11.5 Å². The van der Waals surface area contributed by atoms with Crippen molar-refractivity contribution in [2.75, 3.05) is 6.54 Å². The normalized spacial score (nSPS) is 23.6. The van der Waals surface area contributed by atoms with Crippen LogP contribution in [0, 0.1) is 5.41 Å². The van der Waals surface area contributed by atoms with Crippen molar-refractivity contribution in [1.29, 1.82) is 0 Å². The maximum atomic E-state index is 11.4. The molecule has 18 heavy (non-hydrogen) atoms. The fourth-order valence-electron chi connectivity index (χ4n) is 1.96. The van der Waals surface area contributed by atoms with Crippen molar-refractivity contribution in [1.82, 2.24) is 5.32 Å². The van der Waals surface area contributed by atoms with Gasteiger partial charge < -0.3 is 15.2 Å². The molecular weight excluding hydrogens is 238 g/mol. The summed E-state index contributed by atoms with van der Waals surface area (Å²) in [5.74, 6) is -1.51. The number of carbonyl (C=O) groups is 3. The van der Waals surface area contributed by atoms with Crippen molar-refractivity contribution < 1.29 is 24.2 Å².